The number of likely N-dealkylation sites (tertiary alicyclic amines) is 1. The molecule has 3 rings (SSSR count). The van der Waals surface area contributed by atoms with Crippen molar-refractivity contribution in [2.75, 3.05) is 26.0 Å². The topological polar surface area (TPSA) is 109 Å². The third-order valence-corrected chi connectivity index (χ3v) is 7.36. The summed E-state index contributed by atoms with van der Waals surface area (Å²) in [4.78, 5) is 40.2. The minimum absolute atomic E-state index is 0.0491. The number of nitrogens with zero attached hydrogens (tertiary/aromatic N) is 2. The number of allylic oxidation sites excluding steroid dienone is 1. The summed E-state index contributed by atoms with van der Waals surface area (Å²) in [5.41, 5.74) is 0.684. The minimum atomic E-state index is -1.27. The number of thioether (sulfide) groups is 1. The monoisotopic (exact) mass is 505 g/mol. The lowest BCUT2D eigenvalue weighted by atomic mass is 9.78. The van der Waals surface area contributed by atoms with Crippen LogP contribution < -0.4 is 10.1 Å². The molecule has 0 saturated carbocycles. The molecule has 2 amide bonds. The Labute approximate surface area is 208 Å². The van der Waals surface area contributed by atoms with Crippen LogP contribution in [0, 0.1) is 17.2 Å². The summed E-state index contributed by atoms with van der Waals surface area (Å²) in [7, 11) is 1.19. The van der Waals surface area contributed by atoms with E-state index in [0.29, 0.717) is 29.5 Å². The van der Waals surface area contributed by atoms with Gasteiger partial charge >= 0.3 is 5.97 Å². The highest BCUT2D eigenvalue weighted by Crippen LogP contribution is 2.42. The smallest absolute Gasteiger partial charge is 0.319 e. The van der Waals surface area contributed by atoms with Crippen molar-refractivity contribution >= 4 is 41.1 Å². The van der Waals surface area contributed by atoms with E-state index in [2.05, 4.69) is 11.4 Å². The van der Waals surface area contributed by atoms with E-state index in [-0.39, 0.29) is 28.3 Å². The number of amides is 2. The van der Waals surface area contributed by atoms with Crippen LogP contribution in [0.4, 0.5) is 0 Å². The van der Waals surface area contributed by atoms with Crippen molar-refractivity contribution in [1.82, 2.24) is 10.2 Å². The van der Waals surface area contributed by atoms with Crippen LogP contribution in [0.3, 0.4) is 0 Å². The van der Waals surface area contributed by atoms with Crippen molar-refractivity contribution < 1.29 is 23.9 Å². The number of halogens is 1. The number of esters is 1. The molecule has 2 aliphatic rings. The molecule has 0 radical (unpaired) electrons. The van der Waals surface area contributed by atoms with Crippen LogP contribution in [0.1, 0.15) is 44.6 Å². The molecule has 0 unspecified atom stereocenters. The lowest BCUT2D eigenvalue weighted by Gasteiger charge is -2.34. The number of carbonyl (C=O) groups is 3. The fraction of sp³-hybridized carbons (Fsp3) is 0.500. The lowest BCUT2D eigenvalue weighted by Crippen LogP contribution is -2.45. The van der Waals surface area contributed by atoms with Crippen molar-refractivity contribution in [1.29, 1.82) is 5.26 Å². The van der Waals surface area contributed by atoms with Crippen molar-refractivity contribution in [3.63, 3.8) is 0 Å². The summed E-state index contributed by atoms with van der Waals surface area (Å²) in [5, 5.41) is 13.3. The summed E-state index contributed by atoms with van der Waals surface area (Å²) < 4.78 is 10.3. The largest absolute Gasteiger partial charge is 0.492 e. The Hall–Kier alpha value is -2.70. The van der Waals surface area contributed by atoms with Crippen molar-refractivity contribution in [2.45, 2.75) is 45.1 Å². The predicted molar refractivity (Wildman–Crippen MR) is 129 cm³/mol. The second kappa shape index (κ2) is 11.6. The SMILES string of the molecule is CCOc1ccc([C@@H]2C(C#N)=C(SCC(=O)N3CCCC[C@H]3C)NC(=O)[C@@H]2C(=O)OC)cc1Cl. The van der Waals surface area contributed by atoms with E-state index < -0.39 is 23.7 Å². The standard InChI is InChI=1S/C24H28ClN3O5S/c1-4-33-18-9-8-15(11-17(18)25)20-16(12-26)23(27-22(30)21(20)24(31)32-3)34-13-19(29)28-10-6-5-7-14(28)2/h8-9,11,14,20-21H,4-7,10,13H2,1-3H3,(H,27,30)/t14-,20-,21-/m1/s1. The number of hydrogen-bond donors (Lipinski definition) is 1. The van der Waals surface area contributed by atoms with Crippen molar-refractivity contribution in [3.8, 4) is 11.8 Å². The first kappa shape index (κ1) is 25.9. The Morgan fingerprint density at radius 3 is 2.74 bits per heavy atom. The molecule has 0 aliphatic carbocycles. The number of carbonyl (C=O) groups excluding carboxylic acids is 3. The van der Waals surface area contributed by atoms with Crippen LogP contribution in [-0.2, 0) is 19.1 Å². The van der Waals surface area contributed by atoms with Crippen molar-refractivity contribution in [2.24, 2.45) is 5.92 Å². The van der Waals surface area contributed by atoms with Crippen molar-refractivity contribution in [3.05, 3.63) is 39.4 Å². The molecule has 0 bridgehead atoms. The molecule has 1 N–H and O–H groups in total. The van der Waals surface area contributed by atoms with Crippen LogP contribution in [0.2, 0.25) is 5.02 Å². The normalized spacial score (nSPS) is 22.6. The van der Waals surface area contributed by atoms with E-state index in [9.17, 15) is 19.6 Å². The number of benzene rings is 1. The summed E-state index contributed by atoms with van der Waals surface area (Å²) in [6, 6.07) is 7.21. The Bertz CT molecular complexity index is 1040. The first-order chi connectivity index (χ1) is 16.3. The molecule has 1 fully saturated rings. The zero-order valence-corrected chi connectivity index (χ0v) is 21.0. The van der Waals surface area contributed by atoms with Crippen LogP contribution in [0.15, 0.2) is 28.8 Å². The zero-order valence-electron chi connectivity index (χ0n) is 19.4. The number of nitrogens with one attached hydrogen (secondary N) is 1. The van der Waals surface area contributed by atoms with Gasteiger partial charge in [0.1, 0.15) is 11.7 Å². The number of ether oxygens (including phenoxy) is 2. The van der Waals surface area contributed by atoms with Gasteiger partial charge in [0.05, 0.1) is 41.2 Å². The Kier molecular flexibility index (Phi) is 8.86. The van der Waals surface area contributed by atoms with Gasteiger partial charge < -0.3 is 19.7 Å². The highest BCUT2D eigenvalue weighted by Gasteiger charge is 2.44. The summed E-state index contributed by atoms with van der Waals surface area (Å²) in [5.74, 6) is -3.05. The van der Waals surface area contributed by atoms with Gasteiger partial charge in [-0.05, 0) is 50.8 Å². The summed E-state index contributed by atoms with van der Waals surface area (Å²) in [6.45, 7) is 4.98. The molecule has 3 atom stereocenters. The van der Waals surface area contributed by atoms with Gasteiger partial charge in [-0.25, -0.2) is 0 Å². The van der Waals surface area contributed by atoms with Crippen LogP contribution in [0.25, 0.3) is 0 Å². The van der Waals surface area contributed by atoms with Crippen LogP contribution >= 0.6 is 23.4 Å². The molecule has 1 aromatic rings. The van der Waals surface area contributed by atoms with Gasteiger partial charge in [0.2, 0.25) is 11.8 Å². The molecular weight excluding hydrogens is 478 g/mol. The van der Waals surface area contributed by atoms with Crippen LogP contribution in [0.5, 0.6) is 5.75 Å². The van der Waals surface area contributed by atoms with Gasteiger partial charge in [-0.15, -0.1) is 0 Å². The fourth-order valence-electron chi connectivity index (χ4n) is 4.35. The maximum atomic E-state index is 13.0. The van der Waals surface area contributed by atoms with Crippen LogP contribution in [-0.4, -0.2) is 54.7 Å². The second-order valence-electron chi connectivity index (χ2n) is 8.17. The number of piperidine rings is 1. The van der Waals surface area contributed by atoms with E-state index in [0.717, 1.165) is 31.0 Å². The molecule has 1 aromatic carbocycles. The zero-order chi connectivity index (χ0) is 24.8. The molecule has 8 nitrogen and oxygen atoms in total. The Morgan fingerprint density at radius 2 is 2.12 bits per heavy atom. The van der Waals surface area contributed by atoms with Gasteiger partial charge in [-0.1, -0.05) is 29.4 Å². The maximum Gasteiger partial charge on any atom is 0.319 e. The first-order valence-corrected chi connectivity index (χ1v) is 12.6. The number of hydrogen-bond acceptors (Lipinski definition) is 7. The van der Waals surface area contributed by atoms with Gasteiger partial charge in [-0.3, -0.25) is 14.4 Å². The molecule has 10 heteroatoms. The summed E-state index contributed by atoms with van der Waals surface area (Å²) in [6.07, 6.45) is 3.02. The molecule has 0 aromatic heterocycles. The average Bonchev–Trinajstić information content (AvgIpc) is 2.83. The molecule has 2 heterocycles. The quantitative estimate of drug-likeness (QED) is 0.445. The van der Waals surface area contributed by atoms with Gasteiger partial charge in [0.25, 0.3) is 0 Å². The third kappa shape index (κ3) is 5.50. The maximum absolute atomic E-state index is 13.0. The third-order valence-electron chi connectivity index (χ3n) is 6.06. The molecule has 182 valence electrons. The van der Waals surface area contributed by atoms with E-state index in [1.165, 1.54) is 7.11 Å². The van der Waals surface area contributed by atoms with Gasteiger partial charge in [-0.2, -0.15) is 5.26 Å². The molecular formula is C24H28ClN3O5S. The molecule has 1 saturated heterocycles. The Balaban J connectivity index is 1.95. The Morgan fingerprint density at radius 1 is 1.35 bits per heavy atom. The fourth-order valence-corrected chi connectivity index (χ4v) is 5.53. The van der Waals surface area contributed by atoms with Gasteiger partial charge in [0, 0.05) is 18.5 Å². The number of methoxy groups -OCH3 is 1. The van der Waals surface area contributed by atoms with Gasteiger partial charge in [0.15, 0.2) is 0 Å². The lowest BCUT2D eigenvalue weighted by molar-refractivity contribution is -0.150. The predicted octanol–water partition coefficient (Wildman–Crippen LogP) is 3.61. The van der Waals surface area contributed by atoms with E-state index >= 15 is 0 Å². The highest BCUT2D eigenvalue weighted by molar-refractivity contribution is 8.03. The van der Waals surface area contributed by atoms with E-state index in [1.54, 1.807) is 18.2 Å². The minimum Gasteiger partial charge on any atom is -0.492 e. The average molecular weight is 506 g/mol. The van der Waals surface area contributed by atoms with E-state index in [1.807, 2.05) is 18.7 Å². The summed E-state index contributed by atoms with van der Waals surface area (Å²) >= 11 is 7.46. The van der Waals surface area contributed by atoms with E-state index in [4.69, 9.17) is 21.1 Å². The molecule has 34 heavy (non-hydrogen) atoms. The highest BCUT2D eigenvalue weighted by atomic mass is 35.5. The first-order valence-electron chi connectivity index (χ1n) is 11.2. The number of nitriles is 1. The molecule has 2 aliphatic heterocycles. The number of rotatable bonds is 7. The second-order valence-corrected chi connectivity index (χ2v) is 9.56. The molecule has 0 spiro atoms.